The molecule has 0 saturated carbocycles. The zero-order valence-corrected chi connectivity index (χ0v) is 18.6. The largest absolute Gasteiger partial charge is 0.494 e. The van der Waals surface area contributed by atoms with Crippen molar-refractivity contribution >= 4 is 35.3 Å². The normalized spacial score (nSPS) is 11.1. The van der Waals surface area contributed by atoms with E-state index in [2.05, 4.69) is 10.5 Å². The third kappa shape index (κ3) is 5.04. The predicted octanol–water partition coefficient (Wildman–Crippen LogP) is 5.95. The molecule has 3 rings (SSSR count). The predicted molar refractivity (Wildman–Crippen MR) is 123 cm³/mol. The minimum Gasteiger partial charge on any atom is -0.494 e. The van der Waals surface area contributed by atoms with Crippen molar-refractivity contribution in [2.75, 3.05) is 6.61 Å². The Labute approximate surface area is 186 Å². The molecule has 0 aliphatic rings. The first kappa shape index (κ1) is 21.9. The molecule has 1 amide bonds. The summed E-state index contributed by atoms with van der Waals surface area (Å²) in [7, 11) is 0. The second-order valence-corrected chi connectivity index (χ2v) is 7.67. The van der Waals surface area contributed by atoms with E-state index in [1.165, 1.54) is 0 Å². The summed E-state index contributed by atoms with van der Waals surface area (Å²) in [5, 5.41) is 5.32. The molecule has 30 heavy (non-hydrogen) atoms. The Morgan fingerprint density at radius 2 is 1.87 bits per heavy atom. The van der Waals surface area contributed by atoms with Gasteiger partial charge in [0.05, 0.1) is 23.5 Å². The minimum atomic E-state index is -0.292. The summed E-state index contributed by atoms with van der Waals surface area (Å²) in [6, 6.07) is 14.3. The van der Waals surface area contributed by atoms with Crippen LogP contribution < -0.4 is 10.2 Å². The lowest BCUT2D eigenvalue weighted by Gasteiger charge is -2.12. The average Bonchev–Trinajstić information content (AvgIpc) is 3.01. The lowest BCUT2D eigenvalue weighted by Crippen LogP contribution is -2.17. The molecule has 2 aromatic carbocycles. The fourth-order valence-corrected chi connectivity index (χ4v) is 3.46. The highest BCUT2D eigenvalue weighted by molar-refractivity contribution is 6.34. The molecule has 1 N–H and O–H groups in total. The molecule has 0 saturated heterocycles. The first-order chi connectivity index (χ1) is 14.4. The number of carbonyl (C=O) groups is 1. The minimum absolute atomic E-state index is 0.292. The highest BCUT2D eigenvalue weighted by Gasteiger charge is 2.13. The number of benzene rings is 2. The van der Waals surface area contributed by atoms with Crippen molar-refractivity contribution in [3.8, 4) is 11.4 Å². The molecular weight excluding hydrogens is 421 g/mol. The maximum atomic E-state index is 12.3. The molecule has 0 spiro atoms. The van der Waals surface area contributed by atoms with Gasteiger partial charge in [-0.3, -0.25) is 4.79 Å². The molecule has 0 aliphatic heterocycles. The first-order valence-corrected chi connectivity index (χ1v) is 10.4. The zero-order chi connectivity index (χ0) is 21.7. The van der Waals surface area contributed by atoms with Crippen LogP contribution in [-0.2, 0) is 0 Å². The standard InChI is InChI=1S/C23H23Cl2N3O2/c1-4-11-30-20-8-5-17(6-9-20)23(29)27-26-14-18-12-15(2)28(16(18)3)22-13-19(24)7-10-21(22)25/h5-10,12-14H,4,11H2,1-3H3,(H,27,29)/b26-14-. The van der Waals surface area contributed by atoms with Gasteiger partial charge in [-0.15, -0.1) is 0 Å². The van der Waals surface area contributed by atoms with E-state index in [0.717, 1.165) is 34.8 Å². The molecule has 0 bridgehead atoms. The Bertz CT molecular complexity index is 1070. The van der Waals surface area contributed by atoms with E-state index in [-0.39, 0.29) is 5.91 Å². The summed E-state index contributed by atoms with van der Waals surface area (Å²) >= 11 is 12.5. The number of nitrogens with one attached hydrogen (secondary N) is 1. The molecule has 0 radical (unpaired) electrons. The second-order valence-electron chi connectivity index (χ2n) is 6.83. The summed E-state index contributed by atoms with van der Waals surface area (Å²) in [5.74, 6) is 0.448. The van der Waals surface area contributed by atoms with Crippen LogP contribution >= 0.6 is 23.2 Å². The third-order valence-electron chi connectivity index (χ3n) is 4.58. The van der Waals surface area contributed by atoms with E-state index in [0.29, 0.717) is 22.2 Å². The monoisotopic (exact) mass is 443 g/mol. The molecule has 156 valence electrons. The van der Waals surface area contributed by atoms with E-state index < -0.39 is 0 Å². The molecule has 1 heterocycles. The number of carbonyl (C=O) groups excluding carboxylic acids is 1. The molecule has 0 unspecified atom stereocenters. The van der Waals surface area contributed by atoms with Crippen molar-refractivity contribution in [2.45, 2.75) is 27.2 Å². The van der Waals surface area contributed by atoms with Gasteiger partial charge in [0.2, 0.25) is 0 Å². The second kappa shape index (κ2) is 9.83. The van der Waals surface area contributed by atoms with Crippen LogP contribution in [-0.4, -0.2) is 23.3 Å². The lowest BCUT2D eigenvalue weighted by molar-refractivity contribution is 0.0955. The quantitative estimate of drug-likeness (QED) is 0.362. The fourth-order valence-electron chi connectivity index (χ4n) is 3.09. The molecule has 3 aromatic rings. The van der Waals surface area contributed by atoms with Crippen LogP contribution in [0.2, 0.25) is 10.0 Å². The van der Waals surface area contributed by atoms with Gasteiger partial charge in [0.1, 0.15) is 5.75 Å². The van der Waals surface area contributed by atoms with Gasteiger partial charge in [-0.2, -0.15) is 5.10 Å². The first-order valence-electron chi connectivity index (χ1n) is 9.61. The average molecular weight is 444 g/mol. The van der Waals surface area contributed by atoms with Gasteiger partial charge < -0.3 is 9.30 Å². The van der Waals surface area contributed by atoms with E-state index in [1.807, 2.05) is 37.5 Å². The number of hydrogen-bond donors (Lipinski definition) is 1. The topological polar surface area (TPSA) is 55.6 Å². The van der Waals surface area contributed by atoms with Crippen LogP contribution in [0.5, 0.6) is 5.75 Å². The summed E-state index contributed by atoms with van der Waals surface area (Å²) in [5.41, 5.74) is 6.65. The molecule has 0 atom stereocenters. The van der Waals surface area contributed by atoms with Crippen molar-refractivity contribution in [1.29, 1.82) is 0 Å². The van der Waals surface area contributed by atoms with Crippen LogP contribution in [0.1, 0.15) is 40.7 Å². The van der Waals surface area contributed by atoms with Crippen LogP contribution in [0.3, 0.4) is 0 Å². The Kier molecular flexibility index (Phi) is 7.19. The number of nitrogens with zero attached hydrogens (tertiary/aromatic N) is 2. The molecule has 0 fully saturated rings. The van der Waals surface area contributed by atoms with Crippen molar-refractivity contribution in [1.82, 2.24) is 9.99 Å². The van der Waals surface area contributed by atoms with Crippen molar-refractivity contribution in [2.24, 2.45) is 5.10 Å². The van der Waals surface area contributed by atoms with Gasteiger partial charge in [0, 0.05) is 27.5 Å². The lowest BCUT2D eigenvalue weighted by atomic mass is 10.2. The number of halogens is 2. The number of hydrogen-bond acceptors (Lipinski definition) is 3. The molecule has 1 aromatic heterocycles. The maximum Gasteiger partial charge on any atom is 0.271 e. The fraction of sp³-hybridized carbons (Fsp3) is 0.217. The summed E-state index contributed by atoms with van der Waals surface area (Å²) in [6.45, 7) is 6.63. The van der Waals surface area contributed by atoms with Crippen LogP contribution in [0, 0.1) is 13.8 Å². The Morgan fingerprint density at radius 3 is 2.57 bits per heavy atom. The van der Waals surface area contributed by atoms with Gasteiger partial charge in [-0.1, -0.05) is 30.1 Å². The number of rotatable bonds is 7. The van der Waals surface area contributed by atoms with Crippen LogP contribution in [0.25, 0.3) is 5.69 Å². The number of aryl methyl sites for hydroxylation is 1. The van der Waals surface area contributed by atoms with Gasteiger partial charge in [0.15, 0.2) is 0 Å². The van der Waals surface area contributed by atoms with E-state index >= 15 is 0 Å². The Balaban J connectivity index is 1.72. The molecule has 7 heteroatoms. The Morgan fingerprint density at radius 1 is 1.13 bits per heavy atom. The number of hydrazone groups is 1. The SMILES string of the molecule is CCCOc1ccc(C(=O)N/N=C\c2cc(C)n(-c3cc(Cl)ccc3Cl)c2C)cc1. The van der Waals surface area contributed by atoms with E-state index in [1.54, 1.807) is 42.6 Å². The van der Waals surface area contributed by atoms with Crippen LogP contribution in [0.15, 0.2) is 53.6 Å². The van der Waals surface area contributed by atoms with Gasteiger partial charge >= 0.3 is 0 Å². The third-order valence-corrected chi connectivity index (χ3v) is 5.13. The molecule has 5 nitrogen and oxygen atoms in total. The number of amides is 1. The van der Waals surface area contributed by atoms with E-state index in [9.17, 15) is 4.79 Å². The highest BCUT2D eigenvalue weighted by atomic mass is 35.5. The molecule has 0 aliphatic carbocycles. The maximum absolute atomic E-state index is 12.3. The van der Waals surface area contributed by atoms with Crippen molar-refractivity contribution in [3.05, 3.63) is 81.1 Å². The van der Waals surface area contributed by atoms with Gasteiger partial charge in [-0.25, -0.2) is 5.43 Å². The Hall–Kier alpha value is -2.76. The van der Waals surface area contributed by atoms with Gasteiger partial charge in [-0.05, 0) is 68.8 Å². The summed E-state index contributed by atoms with van der Waals surface area (Å²) < 4.78 is 7.53. The van der Waals surface area contributed by atoms with E-state index in [4.69, 9.17) is 27.9 Å². The molecular formula is C23H23Cl2N3O2. The van der Waals surface area contributed by atoms with Crippen LogP contribution in [0.4, 0.5) is 0 Å². The summed E-state index contributed by atoms with van der Waals surface area (Å²) in [6.07, 6.45) is 2.55. The van der Waals surface area contributed by atoms with Crippen molar-refractivity contribution < 1.29 is 9.53 Å². The van der Waals surface area contributed by atoms with Crippen molar-refractivity contribution in [3.63, 3.8) is 0 Å². The number of ether oxygens (including phenoxy) is 1. The van der Waals surface area contributed by atoms with Gasteiger partial charge in [0.25, 0.3) is 5.91 Å². The number of aromatic nitrogens is 1. The summed E-state index contributed by atoms with van der Waals surface area (Å²) in [4.78, 5) is 12.3. The smallest absolute Gasteiger partial charge is 0.271 e. The zero-order valence-electron chi connectivity index (χ0n) is 17.1. The highest BCUT2D eigenvalue weighted by Crippen LogP contribution is 2.28.